The van der Waals surface area contributed by atoms with Crippen molar-refractivity contribution in [2.75, 3.05) is 13.7 Å². The van der Waals surface area contributed by atoms with Crippen molar-refractivity contribution in [3.63, 3.8) is 0 Å². The van der Waals surface area contributed by atoms with Gasteiger partial charge in [-0.25, -0.2) is 4.79 Å². The van der Waals surface area contributed by atoms with Gasteiger partial charge < -0.3 is 25.1 Å². The molecule has 0 radical (unpaired) electrons. The number of nitrogens with one attached hydrogen (secondary N) is 1. The summed E-state index contributed by atoms with van der Waals surface area (Å²) in [4.78, 5) is 30.3. The number of terminal acetylenes is 1. The maximum absolute atomic E-state index is 12.6. The monoisotopic (exact) mass is 562 g/mol. The predicted molar refractivity (Wildman–Crippen MR) is 155 cm³/mol. The lowest BCUT2D eigenvalue weighted by atomic mass is 9.46. The highest BCUT2D eigenvalue weighted by molar-refractivity contribution is 5.96. The molecule has 0 heterocycles. The number of esters is 1. The number of amides is 1. The average molecular weight is 563 g/mol. The highest BCUT2D eigenvalue weighted by Gasteiger charge is 2.63. The Hall–Kier alpha value is -3.31. The number of benzene rings is 1. The van der Waals surface area contributed by atoms with Crippen LogP contribution in [0.3, 0.4) is 0 Å². The van der Waals surface area contributed by atoms with E-state index in [4.69, 9.17) is 16.0 Å². The number of phenolic OH excluding ortho intramolecular Hbond substituents is 1. The maximum atomic E-state index is 12.6. The van der Waals surface area contributed by atoms with Crippen LogP contribution >= 0.6 is 0 Å². The first-order chi connectivity index (χ1) is 19.5. The number of nitrogens with zero attached hydrogens (tertiary/aromatic N) is 1. The molecule has 1 aromatic carbocycles. The van der Waals surface area contributed by atoms with E-state index in [-0.39, 0.29) is 29.6 Å². The summed E-state index contributed by atoms with van der Waals surface area (Å²) in [7, 11) is 1.27. The zero-order valence-corrected chi connectivity index (χ0v) is 24.3. The minimum Gasteiger partial charge on any atom is -0.508 e. The Morgan fingerprint density at radius 2 is 1.85 bits per heavy atom. The molecule has 8 nitrogen and oxygen atoms in total. The Morgan fingerprint density at radius 1 is 1.12 bits per heavy atom. The van der Waals surface area contributed by atoms with E-state index in [2.05, 4.69) is 36.3 Å². The fraction of sp³-hybridized carbons (Fsp3) is 0.606. The first-order valence-corrected chi connectivity index (χ1v) is 14.8. The molecule has 0 aliphatic heterocycles. The first kappa shape index (κ1) is 29.2. The number of rotatable bonds is 7. The number of carbonyl (C=O) groups is 2. The van der Waals surface area contributed by atoms with Crippen LogP contribution in [0, 0.1) is 40.9 Å². The fourth-order valence-electron chi connectivity index (χ4n) is 8.51. The van der Waals surface area contributed by atoms with Crippen LogP contribution in [-0.4, -0.2) is 53.2 Å². The smallest absolute Gasteiger partial charge is 0.328 e. The lowest BCUT2D eigenvalue weighted by Crippen LogP contribution is -2.54. The summed E-state index contributed by atoms with van der Waals surface area (Å²) < 4.78 is 4.85. The molecule has 7 unspecified atom stereocenters. The Balaban J connectivity index is 1.20. The maximum Gasteiger partial charge on any atom is 0.328 e. The van der Waals surface area contributed by atoms with E-state index in [1.54, 1.807) is 12.1 Å². The number of allylic oxidation sites excluding steroid dienone is 2. The van der Waals surface area contributed by atoms with E-state index in [0.717, 1.165) is 56.2 Å². The summed E-state index contributed by atoms with van der Waals surface area (Å²) in [5.41, 5.74) is 1.92. The summed E-state index contributed by atoms with van der Waals surface area (Å²) in [6, 6.07) is 5.55. The molecule has 1 aromatic rings. The topological polar surface area (TPSA) is 117 Å². The van der Waals surface area contributed by atoms with Gasteiger partial charge in [0.2, 0.25) is 0 Å². The summed E-state index contributed by atoms with van der Waals surface area (Å²) in [6.45, 7) is 4.30. The largest absolute Gasteiger partial charge is 0.508 e. The van der Waals surface area contributed by atoms with Crippen molar-refractivity contribution < 1.29 is 29.4 Å². The lowest BCUT2D eigenvalue weighted by molar-refractivity contribution is -0.145. The lowest BCUT2D eigenvalue weighted by Gasteiger charge is -2.58. The number of ether oxygens (including phenoxy) is 1. The van der Waals surface area contributed by atoms with Crippen LogP contribution in [0.1, 0.15) is 70.8 Å². The second-order valence-electron chi connectivity index (χ2n) is 12.9. The molecule has 3 fully saturated rings. The van der Waals surface area contributed by atoms with Gasteiger partial charge in [-0.2, -0.15) is 0 Å². The number of phenols is 1. The third kappa shape index (κ3) is 5.25. The molecule has 5 rings (SSSR count). The molecule has 4 aliphatic rings. The quantitative estimate of drug-likeness (QED) is 0.259. The Kier molecular flexibility index (Phi) is 7.95. The number of fused-ring (bicyclic) bond motifs is 5. The van der Waals surface area contributed by atoms with E-state index in [9.17, 15) is 19.8 Å². The van der Waals surface area contributed by atoms with Crippen LogP contribution in [0.2, 0.25) is 0 Å². The molecule has 8 heteroatoms. The van der Waals surface area contributed by atoms with Crippen molar-refractivity contribution in [3.8, 4) is 18.1 Å². The zero-order chi connectivity index (χ0) is 29.4. The van der Waals surface area contributed by atoms with Gasteiger partial charge >= 0.3 is 5.97 Å². The number of carbonyl (C=O) groups excluding carboxylic acids is 2. The van der Waals surface area contributed by atoms with Crippen LogP contribution in [-0.2, 0) is 25.6 Å². The standard InChI is InChI=1S/C33H42N2O6/c1-5-33(39)17-14-27-25-11-8-22-19-23(12-15-31(22,2)26(25)13-16-32(27,33)3)35-41-20-29(37)34-28(30(38)40-4)18-21-6-9-24(36)10-7-21/h1,6-7,9-10,19,25-28,36,39H,8,11-18,20H2,2-4H3,(H,34,37). The van der Waals surface area contributed by atoms with Gasteiger partial charge in [0.15, 0.2) is 6.61 Å². The van der Waals surface area contributed by atoms with E-state index in [0.29, 0.717) is 24.2 Å². The van der Waals surface area contributed by atoms with Gasteiger partial charge in [0, 0.05) is 11.8 Å². The van der Waals surface area contributed by atoms with Crippen molar-refractivity contribution in [1.82, 2.24) is 5.32 Å². The van der Waals surface area contributed by atoms with Crippen molar-refractivity contribution in [2.24, 2.45) is 33.7 Å². The highest BCUT2D eigenvalue weighted by atomic mass is 16.6. The number of aliphatic hydroxyl groups is 1. The molecule has 0 saturated heterocycles. The SMILES string of the molecule is C#CC1(O)CCC2C3CCC4=CC(=NOCC(=O)NC(Cc5ccc(O)cc5)C(=O)OC)CCC4(C)C3CCC21C. The second kappa shape index (κ2) is 11.2. The minimum absolute atomic E-state index is 0.0967. The van der Waals surface area contributed by atoms with Gasteiger partial charge in [-0.1, -0.05) is 42.6 Å². The van der Waals surface area contributed by atoms with Gasteiger partial charge in [0.05, 0.1) is 12.8 Å². The van der Waals surface area contributed by atoms with Crippen molar-refractivity contribution in [1.29, 1.82) is 0 Å². The summed E-state index contributed by atoms with van der Waals surface area (Å²) in [5, 5.41) is 27.7. The fourth-order valence-corrected chi connectivity index (χ4v) is 8.51. The zero-order valence-electron chi connectivity index (χ0n) is 24.3. The van der Waals surface area contributed by atoms with Gasteiger partial charge in [0.25, 0.3) is 5.91 Å². The molecule has 7 atom stereocenters. The minimum atomic E-state index is -0.988. The number of oxime groups is 1. The molecule has 0 spiro atoms. The molecule has 1 amide bonds. The Bertz CT molecular complexity index is 1280. The molecule has 4 aliphatic carbocycles. The normalized spacial score (nSPS) is 35.6. The first-order valence-electron chi connectivity index (χ1n) is 14.8. The third-order valence-electron chi connectivity index (χ3n) is 10.9. The Labute approximate surface area is 242 Å². The molecular formula is C33H42N2O6. The molecule has 41 heavy (non-hydrogen) atoms. The van der Waals surface area contributed by atoms with Gasteiger partial charge in [-0.05, 0) is 98.3 Å². The van der Waals surface area contributed by atoms with Crippen molar-refractivity contribution >= 4 is 17.6 Å². The summed E-state index contributed by atoms with van der Waals surface area (Å²) in [5.74, 6) is 3.45. The van der Waals surface area contributed by atoms with E-state index in [1.807, 2.05) is 0 Å². The number of hydrogen-bond donors (Lipinski definition) is 3. The van der Waals surface area contributed by atoms with Crippen LogP contribution in [0.25, 0.3) is 0 Å². The van der Waals surface area contributed by atoms with Crippen LogP contribution in [0.5, 0.6) is 5.75 Å². The molecule has 0 aromatic heterocycles. The van der Waals surface area contributed by atoms with Crippen LogP contribution in [0.15, 0.2) is 41.1 Å². The average Bonchev–Trinajstić information content (AvgIpc) is 3.24. The van der Waals surface area contributed by atoms with Crippen LogP contribution in [0.4, 0.5) is 0 Å². The van der Waals surface area contributed by atoms with Crippen molar-refractivity contribution in [3.05, 3.63) is 41.5 Å². The molecular weight excluding hydrogens is 520 g/mol. The molecule has 3 N–H and O–H groups in total. The number of aromatic hydroxyl groups is 1. The van der Waals surface area contributed by atoms with E-state index in [1.165, 1.54) is 24.8 Å². The van der Waals surface area contributed by atoms with E-state index >= 15 is 0 Å². The molecule has 0 bridgehead atoms. The molecule has 3 saturated carbocycles. The van der Waals surface area contributed by atoms with Crippen LogP contribution < -0.4 is 5.32 Å². The van der Waals surface area contributed by atoms with Crippen molar-refractivity contribution in [2.45, 2.75) is 83.3 Å². The number of hydrogen-bond acceptors (Lipinski definition) is 7. The third-order valence-corrected chi connectivity index (χ3v) is 10.9. The molecule has 220 valence electrons. The summed E-state index contributed by atoms with van der Waals surface area (Å²) in [6.07, 6.45) is 15.8. The predicted octanol–water partition coefficient (Wildman–Crippen LogP) is 4.29. The van der Waals surface area contributed by atoms with E-state index < -0.39 is 23.5 Å². The Morgan fingerprint density at radius 3 is 2.56 bits per heavy atom. The van der Waals surface area contributed by atoms with Gasteiger partial charge in [-0.3, -0.25) is 4.79 Å². The second-order valence-corrected chi connectivity index (χ2v) is 12.9. The highest BCUT2D eigenvalue weighted by Crippen LogP contribution is 2.67. The van der Waals surface area contributed by atoms with Gasteiger partial charge in [-0.15, -0.1) is 6.42 Å². The van der Waals surface area contributed by atoms with Gasteiger partial charge in [0.1, 0.15) is 17.4 Å². The number of methoxy groups -OCH3 is 1. The summed E-state index contributed by atoms with van der Waals surface area (Å²) >= 11 is 0.